The second kappa shape index (κ2) is 9.26. The minimum Gasteiger partial charge on any atom is -0.327 e. The van der Waals surface area contributed by atoms with Crippen LogP contribution >= 0.6 is 11.8 Å². The van der Waals surface area contributed by atoms with Crippen molar-refractivity contribution < 1.29 is 18.8 Å². The number of hydrogen-bond acceptors (Lipinski definition) is 4. The van der Waals surface area contributed by atoms with Gasteiger partial charge in [-0.15, -0.1) is 11.8 Å². The van der Waals surface area contributed by atoms with Gasteiger partial charge >= 0.3 is 0 Å². The van der Waals surface area contributed by atoms with Gasteiger partial charge < -0.3 is 14.8 Å². The van der Waals surface area contributed by atoms with Gasteiger partial charge in [-0.1, -0.05) is 19.9 Å². The van der Waals surface area contributed by atoms with Gasteiger partial charge in [-0.3, -0.25) is 14.4 Å². The van der Waals surface area contributed by atoms with E-state index in [1.807, 2.05) is 38.3 Å². The first-order valence-corrected chi connectivity index (χ1v) is 11.3. The maximum absolute atomic E-state index is 14.1. The number of nitrogens with zero attached hydrogens (tertiary/aromatic N) is 2. The van der Waals surface area contributed by atoms with Crippen molar-refractivity contribution in [2.75, 3.05) is 12.3 Å². The van der Waals surface area contributed by atoms with E-state index < -0.39 is 5.50 Å². The summed E-state index contributed by atoms with van der Waals surface area (Å²) in [5.41, 5.74) is 2.78. The third-order valence-electron chi connectivity index (χ3n) is 5.28. The van der Waals surface area contributed by atoms with Crippen LogP contribution in [0.1, 0.15) is 47.6 Å². The summed E-state index contributed by atoms with van der Waals surface area (Å²) >= 11 is 1.24. The molecule has 3 rings (SSSR count). The number of carbonyl (C=O) groups is 3. The van der Waals surface area contributed by atoms with Gasteiger partial charge in [0.1, 0.15) is 12.2 Å². The molecular weight excluding hydrogens is 417 g/mol. The Balaban J connectivity index is 1.78. The average molecular weight is 446 g/mol. The Morgan fingerprint density at radius 1 is 1.23 bits per heavy atom. The molecule has 0 aliphatic carbocycles. The molecule has 8 heteroatoms. The third kappa shape index (κ3) is 5.01. The molecule has 1 aliphatic rings. The Kier molecular flexibility index (Phi) is 6.89. The molecule has 2 aromatic rings. The zero-order chi connectivity index (χ0) is 22.9. The monoisotopic (exact) mass is 445 g/mol. The predicted octanol–water partition coefficient (Wildman–Crippen LogP) is 3.75. The van der Waals surface area contributed by atoms with Gasteiger partial charge in [0, 0.05) is 29.2 Å². The fraction of sp³-hybridized carbons (Fsp3) is 0.435. The van der Waals surface area contributed by atoms with E-state index in [1.165, 1.54) is 17.8 Å². The topological polar surface area (TPSA) is 71.4 Å². The van der Waals surface area contributed by atoms with Crippen LogP contribution in [-0.2, 0) is 9.59 Å². The third-order valence-corrected chi connectivity index (χ3v) is 6.40. The maximum atomic E-state index is 14.1. The van der Waals surface area contributed by atoms with Crippen molar-refractivity contribution in [1.29, 1.82) is 0 Å². The fourth-order valence-electron chi connectivity index (χ4n) is 3.75. The zero-order valence-corrected chi connectivity index (χ0v) is 19.3. The average Bonchev–Trinajstić information content (AvgIpc) is 2.98. The number of thioether (sulfide) groups is 1. The number of halogens is 1. The van der Waals surface area contributed by atoms with Crippen LogP contribution in [0, 0.1) is 32.5 Å². The number of carbonyl (C=O) groups excluding carboxylic acids is 3. The largest absolute Gasteiger partial charge is 0.327 e. The summed E-state index contributed by atoms with van der Waals surface area (Å²) in [6.07, 6.45) is -0.161. The molecule has 0 spiro atoms. The summed E-state index contributed by atoms with van der Waals surface area (Å²) in [7, 11) is 0. The molecule has 2 amide bonds. The lowest BCUT2D eigenvalue weighted by molar-refractivity contribution is -0.142. The number of aryl methyl sites for hydroxylation is 2. The molecule has 166 valence electrons. The second-order valence-electron chi connectivity index (χ2n) is 8.32. The van der Waals surface area contributed by atoms with Crippen molar-refractivity contribution in [3.63, 3.8) is 0 Å². The van der Waals surface area contributed by atoms with E-state index in [0.29, 0.717) is 23.4 Å². The highest BCUT2D eigenvalue weighted by Crippen LogP contribution is 2.26. The van der Waals surface area contributed by atoms with Gasteiger partial charge in [0.15, 0.2) is 11.3 Å². The van der Waals surface area contributed by atoms with Crippen LogP contribution < -0.4 is 5.32 Å². The van der Waals surface area contributed by atoms with Gasteiger partial charge in [-0.25, -0.2) is 4.39 Å². The van der Waals surface area contributed by atoms with Gasteiger partial charge in [0.2, 0.25) is 11.8 Å². The van der Waals surface area contributed by atoms with E-state index in [-0.39, 0.29) is 41.5 Å². The number of rotatable bonds is 7. The number of Topliss-reactive ketones (excluding diaryl/α,β-unsaturated/α-hetero) is 1. The number of benzene rings is 1. The van der Waals surface area contributed by atoms with Crippen molar-refractivity contribution in [2.45, 2.75) is 46.5 Å². The Morgan fingerprint density at radius 3 is 2.58 bits per heavy atom. The van der Waals surface area contributed by atoms with Crippen molar-refractivity contribution >= 4 is 29.4 Å². The van der Waals surface area contributed by atoms with E-state index in [2.05, 4.69) is 5.32 Å². The van der Waals surface area contributed by atoms with Crippen LogP contribution in [0.3, 0.4) is 0 Å². The quantitative estimate of drug-likeness (QED) is 0.521. The molecule has 1 saturated heterocycles. The zero-order valence-electron chi connectivity index (χ0n) is 18.5. The molecule has 31 heavy (non-hydrogen) atoms. The molecule has 0 saturated carbocycles. The smallest absolute Gasteiger partial charge is 0.234 e. The minimum absolute atomic E-state index is 0.103. The molecule has 1 aromatic heterocycles. The molecule has 0 bridgehead atoms. The van der Waals surface area contributed by atoms with E-state index in [9.17, 15) is 18.8 Å². The maximum Gasteiger partial charge on any atom is 0.234 e. The molecule has 6 nitrogen and oxygen atoms in total. The molecule has 1 atom stereocenters. The van der Waals surface area contributed by atoms with E-state index in [0.717, 1.165) is 11.4 Å². The first kappa shape index (κ1) is 23.1. The molecule has 1 aromatic carbocycles. The van der Waals surface area contributed by atoms with Crippen molar-refractivity contribution in [1.82, 2.24) is 14.8 Å². The van der Waals surface area contributed by atoms with Crippen LogP contribution in [0.2, 0.25) is 0 Å². The Morgan fingerprint density at radius 2 is 1.94 bits per heavy atom. The Hall–Kier alpha value is -2.61. The van der Waals surface area contributed by atoms with Gasteiger partial charge in [0.25, 0.3) is 0 Å². The number of hydrogen-bond donors (Lipinski definition) is 1. The standard InChI is InChI=1S/C23H28FN3O3S/c1-13(2)11-26-22(30)10-21(29)25-23(26)31-12-20(28)18-8-15(4)27(16(18)5)17-7-6-14(3)19(24)9-17/h6-9,13,23H,10-12H2,1-5H3,(H,25,29)/t23-/m1/s1. The summed E-state index contributed by atoms with van der Waals surface area (Å²) in [6.45, 7) is 9.92. The van der Waals surface area contributed by atoms with E-state index in [1.54, 1.807) is 24.0 Å². The summed E-state index contributed by atoms with van der Waals surface area (Å²) < 4.78 is 15.9. The van der Waals surface area contributed by atoms with Crippen LogP contribution in [0.25, 0.3) is 5.69 Å². The van der Waals surface area contributed by atoms with E-state index in [4.69, 9.17) is 0 Å². The SMILES string of the molecule is Cc1ccc(-n2c(C)cc(C(=O)CS[C@@H]3NC(=O)CC(=O)N3CC(C)C)c2C)cc1F. The fourth-order valence-corrected chi connectivity index (χ4v) is 4.82. The number of nitrogens with one attached hydrogen (secondary N) is 1. The summed E-state index contributed by atoms with van der Waals surface area (Å²) in [4.78, 5) is 38.8. The van der Waals surface area contributed by atoms with Crippen LogP contribution in [-0.4, -0.2) is 44.9 Å². The number of aromatic nitrogens is 1. The van der Waals surface area contributed by atoms with Crippen molar-refractivity contribution in [2.24, 2.45) is 5.92 Å². The van der Waals surface area contributed by atoms with Gasteiger partial charge in [0.05, 0.1) is 5.75 Å². The summed E-state index contributed by atoms with van der Waals surface area (Å²) in [5.74, 6) is -0.590. The van der Waals surface area contributed by atoms with Crippen LogP contribution in [0.4, 0.5) is 4.39 Å². The lowest BCUT2D eigenvalue weighted by Crippen LogP contribution is -2.56. The Labute approximate surface area is 186 Å². The number of amides is 2. The molecule has 1 aliphatic heterocycles. The minimum atomic E-state index is -0.560. The van der Waals surface area contributed by atoms with E-state index >= 15 is 0 Å². The first-order valence-electron chi connectivity index (χ1n) is 10.3. The van der Waals surface area contributed by atoms with Crippen molar-refractivity contribution in [3.05, 3.63) is 52.6 Å². The summed E-state index contributed by atoms with van der Waals surface area (Å²) in [5, 5.41) is 2.81. The lowest BCUT2D eigenvalue weighted by atomic mass is 10.2. The molecule has 2 heterocycles. The number of ketones is 1. The van der Waals surface area contributed by atoms with Crippen LogP contribution in [0.15, 0.2) is 24.3 Å². The molecule has 0 unspecified atom stereocenters. The highest BCUT2D eigenvalue weighted by Gasteiger charge is 2.33. The lowest BCUT2D eigenvalue weighted by Gasteiger charge is -2.36. The van der Waals surface area contributed by atoms with Crippen molar-refractivity contribution in [3.8, 4) is 5.69 Å². The molecule has 1 N–H and O–H groups in total. The highest BCUT2D eigenvalue weighted by atomic mass is 32.2. The second-order valence-corrected chi connectivity index (χ2v) is 9.39. The summed E-state index contributed by atoms with van der Waals surface area (Å²) in [6, 6.07) is 6.80. The van der Waals surface area contributed by atoms with Gasteiger partial charge in [-0.2, -0.15) is 0 Å². The highest BCUT2D eigenvalue weighted by molar-refractivity contribution is 8.00. The first-order chi connectivity index (χ1) is 14.6. The predicted molar refractivity (Wildman–Crippen MR) is 120 cm³/mol. The Bertz CT molecular complexity index is 1030. The normalized spacial score (nSPS) is 16.7. The van der Waals surface area contributed by atoms with Crippen LogP contribution in [0.5, 0.6) is 0 Å². The molecule has 1 fully saturated rings. The van der Waals surface area contributed by atoms with Gasteiger partial charge in [-0.05, 0) is 50.5 Å². The molecule has 0 radical (unpaired) electrons. The molecular formula is C23H28FN3O3S.